The average molecular weight is 223 g/mol. The van der Waals surface area contributed by atoms with Crippen LogP contribution in [0.2, 0.25) is 0 Å². The monoisotopic (exact) mass is 223 g/mol. The van der Waals surface area contributed by atoms with Gasteiger partial charge < -0.3 is 5.11 Å². The molecular weight excluding hydrogens is 198 g/mol. The smallest absolute Gasteiger partial charge is 0.0730 e. The Morgan fingerprint density at radius 2 is 2.00 bits per heavy atom. The fourth-order valence-electron chi connectivity index (χ4n) is 2.61. The Kier molecular flexibility index (Phi) is 5.31. The third kappa shape index (κ3) is 2.99. The highest BCUT2D eigenvalue weighted by molar-refractivity contribution is 4.95. The summed E-state index contributed by atoms with van der Waals surface area (Å²) in [4.78, 5) is 2.46. The minimum atomic E-state index is -0.299. The molecule has 0 saturated carbocycles. The number of hydrogen-bond acceptors (Lipinski definition) is 2. The zero-order valence-corrected chi connectivity index (χ0v) is 10.7. The predicted molar refractivity (Wildman–Crippen MR) is 68.2 cm³/mol. The molecule has 0 amide bonds. The van der Waals surface area contributed by atoms with E-state index < -0.39 is 0 Å². The Morgan fingerprint density at radius 3 is 2.50 bits per heavy atom. The molecule has 0 aliphatic carbocycles. The van der Waals surface area contributed by atoms with Gasteiger partial charge in [-0.2, -0.15) is 0 Å². The second-order valence-corrected chi connectivity index (χ2v) is 5.02. The van der Waals surface area contributed by atoms with Gasteiger partial charge in [-0.25, -0.2) is 0 Å². The first-order valence-corrected chi connectivity index (χ1v) is 6.51. The number of piperidine rings is 1. The van der Waals surface area contributed by atoms with Crippen molar-refractivity contribution in [3.05, 3.63) is 0 Å². The van der Waals surface area contributed by atoms with E-state index in [0.29, 0.717) is 6.42 Å². The van der Waals surface area contributed by atoms with Crippen molar-refractivity contribution in [3.63, 3.8) is 0 Å². The number of likely N-dealkylation sites (tertiary alicyclic amines) is 1. The minimum absolute atomic E-state index is 0.0860. The molecule has 1 rings (SSSR count). The second kappa shape index (κ2) is 6.27. The van der Waals surface area contributed by atoms with Gasteiger partial charge in [-0.1, -0.05) is 13.3 Å². The molecule has 1 saturated heterocycles. The van der Waals surface area contributed by atoms with Crippen LogP contribution in [-0.4, -0.2) is 34.7 Å². The maximum atomic E-state index is 10.3. The Morgan fingerprint density at radius 1 is 1.38 bits per heavy atom. The molecule has 0 aromatic carbocycles. The summed E-state index contributed by atoms with van der Waals surface area (Å²) in [6, 6.07) is 0. The predicted octanol–water partition coefficient (Wildman–Crippen LogP) is 2.42. The van der Waals surface area contributed by atoms with E-state index in [1.807, 2.05) is 0 Å². The lowest BCUT2D eigenvalue weighted by Gasteiger charge is -2.46. The lowest BCUT2D eigenvalue weighted by atomic mass is 9.85. The number of aliphatic hydroxyl groups excluding tert-OH is 1. The summed E-state index contributed by atoms with van der Waals surface area (Å²) in [5, 5.41) is 10.3. The summed E-state index contributed by atoms with van der Waals surface area (Å²) in [5.41, 5.74) is -0.0860. The zero-order valence-electron chi connectivity index (χ0n) is 10.7. The molecule has 1 aliphatic heterocycles. The maximum absolute atomic E-state index is 10.3. The topological polar surface area (TPSA) is 23.5 Å². The number of nitrogens with zero attached hydrogens (tertiary/aromatic N) is 1. The Bertz CT molecular complexity index is 240. The van der Waals surface area contributed by atoms with E-state index >= 15 is 0 Å². The van der Waals surface area contributed by atoms with Crippen molar-refractivity contribution in [1.29, 1.82) is 0 Å². The van der Waals surface area contributed by atoms with Gasteiger partial charge in [0.1, 0.15) is 0 Å². The molecule has 0 radical (unpaired) electrons. The second-order valence-electron chi connectivity index (χ2n) is 5.02. The van der Waals surface area contributed by atoms with Gasteiger partial charge in [0.2, 0.25) is 0 Å². The van der Waals surface area contributed by atoms with Crippen LogP contribution < -0.4 is 0 Å². The molecule has 0 bridgehead atoms. The molecule has 0 aromatic heterocycles. The molecule has 2 atom stereocenters. The summed E-state index contributed by atoms with van der Waals surface area (Å²) < 4.78 is 0. The van der Waals surface area contributed by atoms with Crippen molar-refractivity contribution in [1.82, 2.24) is 4.90 Å². The standard InChI is InChI=1S/C14H25NO/c1-4-6-10-13(16)14(3,5-2)15-11-8-7-9-12-15/h1,13,16H,5-12H2,2-3H3. The molecule has 0 aromatic rings. The fraction of sp³-hybridized carbons (Fsp3) is 0.857. The molecule has 1 N–H and O–H groups in total. The van der Waals surface area contributed by atoms with Gasteiger partial charge in [0.05, 0.1) is 6.10 Å². The Labute approximate surface area is 100 Å². The number of terminal acetylenes is 1. The van der Waals surface area contributed by atoms with E-state index in [1.54, 1.807) is 0 Å². The van der Waals surface area contributed by atoms with Gasteiger partial charge in [-0.3, -0.25) is 4.90 Å². The van der Waals surface area contributed by atoms with Crippen LogP contribution >= 0.6 is 0 Å². The molecule has 0 spiro atoms. The first-order valence-electron chi connectivity index (χ1n) is 6.51. The van der Waals surface area contributed by atoms with Gasteiger partial charge >= 0.3 is 0 Å². The molecule has 92 valence electrons. The highest BCUT2D eigenvalue weighted by Crippen LogP contribution is 2.29. The van der Waals surface area contributed by atoms with Crippen molar-refractivity contribution in [2.75, 3.05) is 13.1 Å². The van der Waals surface area contributed by atoms with Crippen molar-refractivity contribution in [3.8, 4) is 12.3 Å². The van der Waals surface area contributed by atoms with Crippen LogP contribution in [0.15, 0.2) is 0 Å². The number of aliphatic hydroxyl groups is 1. The van der Waals surface area contributed by atoms with Crippen molar-refractivity contribution >= 4 is 0 Å². The highest BCUT2D eigenvalue weighted by Gasteiger charge is 2.37. The van der Waals surface area contributed by atoms with Crippen LogP contribution in [-0.2, 0) is 0 Å². The third-order valence-electron chi connectivity index (χ3n) is 4.07. The van der Waals surface area contributed by atoms with E-state index in [-0.39, 0.29) is 11.6 Å². The van der Waals surface area contributed by atoms with Gasteiger partial charge in [-0.15, -0.1) is 12.3 Å². The van der Waals surface area contributed by atoms with Crippen LogP contribution in [0, 0.1) is 12.3 Å². The van der Waals surface area contributed by atoms with Crippen molar-refractivity contribution in [2.24, 2.45) is 0 Å². The normalized spacial score (nSPS) is 23.4. The van der Waals surface area contributed by atoms with Crippen LogP contribution in [0.25, 0.3) is 0 Å². The molecule has 16 heavy (non-hydrogen) atoms. The van der Waals surface area contributed by atoms with Gasteiger partial charge in [0, 0.05) is 12.0 Å². The van der Waals surface area contributed by atoms with Gasteiger partial charge in [0.15, 0.2) is 0 Å². The zero-order chi connectivity index (χ0) is 12.0. The molecular formula is C14H25NO. The van der Waals surface area contributed by atoms with Crippen molar-refractivity contribution < 1.29 is 5.11 Å². The summed E-state index contributed by atoms with van der Waals surface area (Å²) in [7, 11) is 0. The highest BCUT2D eigenvalue weighted by atomic mass is 16.3. The van der Waals surface area contributed by atoms with Crippen LogP contribution in [0.4, 0.5) is 0 Å². The van der Waals surface area contributed by atoms with E-state index in [0.717, 1.165) is 25.9 Å². The molecule has 2 nitrogen and oxygen atoms in total. The quantitative estimate of drug-likeness (QED) is 0.724. The van der Waals surface area contributed by atoms with Crippen LogP contribution in [0.5, 0.6) is 0 Å². The summed E-state index contributed by atoms with van der Waals surface area (Å²) in [5.74, 6) is 2.62. The van der Waals surface area contributed by atoms with Gasteiger partial charge in [-0.05, 0) is 45.7 Å². The molecule has 1 aliphatic rings. The molecule has 1 heterocycles. The summed E-state index contributed by atoms with van der Waals surface area (Å²) in [6.07, 6.45) is 11.2. The molecule has 2 unspecified atom stereocenters. The van der Waals surface area contributed by atoms with Gasteiger partial charge in [0.25, 0.3) is 0 Å². The Balaban J connectivity index is 2.63. The van der Waals surface area contributed by atoms with E-state index in [2.05, 4.69) is 24.7 Å². The Hall–Kier alpha value is -0.520. The average Bonchev–Trinajstić information content (AvgIpc) is 2.35. The van der Waals surface area contributed by atoms with E-state index in [9.17, 15) is 5.11 Å². The van der Waals surface area contributed by atoms with E-state index in [1.165, 1.54) is 19.3 Å². The largest absolute Gasteiger partial charge is 0.391 e. The lowest BCUT2D eigenvalue weighted by molar-refractivity contribution is -0.0362. The maximum Gasteiger partial charge on any atom is 0.0730 e. The summed E-state index contributed by atoms with van der Waals surface area (Å²) >= 11 is 0. The third-order valence-corrected chi connectivity index (χ3v) is 4.07. The number of rotatable bonds is 5. The lowest BCUT2D eigenvalue weighted by Crippen LogP contribution is -2.55. The van der Waals surface area contributed by atoms with Crippen molar-refractivity contribution in [2.45, 2.75) is 64.0 Å². The van der Waals surface area contributed by atoms with Crippen LogP contribution in [0.3, 0.4) is 0 Å². The first kappa shape index (κ1) is 13.5. The molecule has 2 heteroatoms. The summed E-state index contributed by atoms with van der Waals surface area (Å²) in [6.45, 7) is 6.59. The SMILES string of the molecule is C#CCCC(O)C(C)(CC)N1CCCCC1. The van der Waals surface area contributed by atoms with Crippen LogP contribution in [0.1, 0.15) is 52.4 Å². The minimum Gasteiger partial charge on any atom is -0.391 e. The number of hydrogen-bond donors (Lipinski definition) is 1. The first-order chi connectivity index (χ1) is 7.65. The molecule has 1 fully saturated rings. The van der Waals surface area contributed by atoms with E-state index in [4.69, 9.17) is 6.42 Å². The fourth-order valence-corrected chi connectivity index (χ4v) is 2.61.